The highest BCUT2D eigenvalue weighted by molar-refractivity contribution is 5.63. The number of aliphatic hydroxyl groups excluding tert-OH is 1. The van der Waals surface area contributed by atoms with E-state index in [-0.39, 0.29) is 17.7 Å². The molecule has 0 spiro atoms. The molecule has 3 N–H and O–H groups in total. The van der Waals surface area contributed by atoms with Crippen LogP contribution in [0, 0.1) is 15.5 Å². The van der Waals surface area contributed by atoms with Gasteiger partial charge in [-0.05, 0) is 24.8 Å². The van der Waals surface area contributed by atoms with Crippen LogP contribution in [0.1, 0.15) is 27.2 Å². The molecule has 0 fully saturated rings. The van der Waals surface area contributed by atoms with Gasteiger partial charge in [0.05, 0.1) is 4.92 Å². The van der Waals surface area contributed by atoms with E-state index in [0.717, 1.165) is 5.69 Å². The van der Waals surface area contributed by atoms with Crippen molar-refractivity contribution < 1.29 is 10.0 Å². The van der Waals surface area contributed by atoms with Crippen LogP contribution in [-0.2, 0) is 0 Å². The second-order valence-corrected chi connectivity index (χ2v) is 5.55. The Morgan fingerprint density at radius 3 is 2.35 bits per heavy atom. The molecule has 0 aliphatic carbocycles. The molecule has 0 aliphatic heterocycles. The highest BCUT2D eigenvalue weighted by atomic mass is 16.6. The van der Waals surface area contributed by atoms with Crippen LogP contribution < -0.4 is 10.6 Å². The molecule has 112 valence electrons. The molecule has 1 aromatic carbocycles. The lowest BCUT2D eigenvalue weighted by Crippen LogP contribution is -2.24. The second kappa shape index (κ2) is 7.09. The summed E-state index contributed by atoms with van der Waals surface area (Å²) in [6.45, 7) is 7.50. The van der Waals surface area contributed by atoms with Gasteiger partial charge < -0.3 is 15.7 Å². The number of nitrogens with one attached hydrogen (secondary N) is 2. The molecule has 6 heteroatoms. The average Bonchev–Trinajstić information content (AvgIpc) is 2.36. The number of rotatable bonds is 8. The normalized spacial score (nSPS) is 11.2. The summed E-state index contributed by atoms with van der Waals surface area (Å²) in [6, 6.07) is 4.90. The van der Waals surface area contributed by atoms with Crippen molar-refractivity contribution in [2.24, 2.45) is 5.41 Å². The highest BCUT2D eigenvalue weighted by Crippen LogP contribution is 2.26. The number of nitro benzene ring substituents is 1. The minimum atomic E-state index is -0.398. The number of nitro groups is 1. The van der Waals surface area contributed by atoms with Gasteiger partial charge in [0.15, 0.2) is 0 Å². The summed E-state index contributed by atoms with van der Waals surface area (Å²) in [5, 5.41) is 26.2. The fraction of sp³-hybridized carbons (Fsp3) is 0.571. The summed E-state index contributed by atoms with van der Waals surface area (Å²) >= 11 is 0. The van der Waals surface area contributed by atoms with Crippen LogP contribution in [0.5, 0.6) is 0 Å². The predicted octanol–water partition coefficient (Wildman–Crippen LogP) is 2.85. The van der Waals surface area contributed by atoms with E-state index < -0.39 is 4.92 Å². The van der Waals surface area contributed by atoms with Crippen molar-refractivity contribution in [1.82, 2.24) is 0 Å². The van der Waals surface area contributed by atoms with Crippen molar-refractivity contribution in [3.63, 3.8) is 0 Å². The van der Waals surface area contributed by atoms with Gasteiger partial charge in [-0.2, -0.15) is 0 Å². The molecule has 0 heterocycles. The van der Waals surface area contributed by atoms with Crippen LogP contribution in [-0.4, -0.2) is 29.7 Å². The summed E-state index contributed by atoms with van der Waals surface area (Å²) in [5.41, 5.74) is 1.42. The van der Waals surface area contributed by atoms with E-state index in [9.17, 15) is 10.1 Å². The first-order valence-corrected chi connectivity index (χ1v) is 6.76. The lowest BCUT2D eigenvalue weighted by molar-refractivity contribution is -0.384. The summed E-state index contributed by atoms with van der Waals surface area (Å²) in [7, 11) is 0. The minimum absolute atomic E-state index is 0.0610. The number of non-ortho nitro benzene ring substituents is 1. The molecule has 0 bridgehead atoms. The monoisotopic (exact) mass is 281 g/mol. The van der Waals surface area contributed by atoms with Crippen LogP contribution in [0.25, 0.3) is 0 Å². The molecule has 0 unspecified atom stereocenters. The first-order chi connectivity index (χ1) is 9.38. The summed E-state index contributed by atoms with van der Waals surface area (Å²) < 4.78 is 0. The van der Waals surface area contributed by atoms with Crippen molar-refractivity contribution in [3.8, 4) is 0 Å². The van der Waals surface area contributed by atoms with Crippen molar-refractivity contribution in [2.75, 3.05) is 30.3 Å². The van der Waals surface area contributed by atoms with Crippen molar-refractivity contribution in [1.29, 1.82) is 0 Å². The Balaban J connectivity index is 2.85. The zero-order valence-electron chi connectivity index (χ0n) is 12.3. The van der Waals surface area contributed by atoms with E-state index in [1.807, 2.05) is 26.8 Å². The van der Waals surface area contributed by atoms with Gasteiger partial charge in [-0.25, -0.2) is 0 Å². The number of hydrogen-bond donors (Lipinski definition) is 3. The fourth-order valence-electron chi connectivity index (χ4n) is 1.86. The Morgan fingerprint density at radius 1 is 1.25 bits per heavy atom. The Morgan fingerprint density at radius 2 is 1.85 bits per heavy atom. The maximum absolute atomic E-state index is 10.9. The average molecular weight is 281 g/mol. The van der Waals surface area contributed by atoms with Gasteiger partial charge >= 0.3 is 0 Å². The van der Waals surface area contributed by atoms with E-state index >= 15 is 0 Å². The minimum Gasteiger partial charge on any atom is -0.396 e. The topological polar surface area (TPSA) is 87.4 Å². The Bertz CT molecular complexity index is 461. The summed E-state index contributed by atoms with van der Waals surface area (Å²) in [6.07, 6.45) is 0.676. The van der Waals surface area contributed by atoms with Gasteiger partial charge in [-0.3, -0.25) is 10.1 Å². The largest absolute Gasteiger partial charge is 0.396 e. The van der Waals surface area contributed by atoms with E-state index in [1.165, 1.54) is 12.1 Å². The first-order valence-electron chi connectivity index (χ1n) is 6.76. The van der Waals surface area contributed by atoms with Gasteiger partial charge in [0.25, 0.3) is 5.69 Å². The lowest BCUT2D eigenvalue weighted by atomic mass is 9.89. The smallest absolute Gasteiger partial charge is 0.273 e. The van der Waals surface area contributed by atoms with Crippen LogP contribution in [0.2, 0.25) is 0 Å². The zero-order valence-corrected chi connectivity index (χ0v) is 12.3. The van der Waals surface area contributed by atoms with Crippen LogP contribution in [0.4, 0.5) is 17.1 Å². The molecule has 0 aromatic heterocycles. The fourth-order valence-corrected chi connectivity index (χ4v) is 1.86. The van der Waals surface area contributed by atoms with E-state index in [2.05, 4.69) is 10.6 Å². The molecule has 0 atom stereocenters. The Kier molecular flexibility index (Phi) is 5.76. The molecule has 1 aromatic rings. The number of benzene rings is 1. The molecule has 0 amide bonds. The van der Waals surface area contributed by atoms with Gasteiger partial charge in [0, 0.05) is 43.2 Å². The molecule has 0 saturated carbocycles. The molecule has 0 radical (unpaired) electrons. The molecule has 0 saturated heterocycles. The van der Waals surface area contributed by atoms with E-state index in [0.29, 0.717) is 25.2 Å². The standard InChI is InChI=1S/C14H23N3O3/c1-4-15-11-7-12(9-13(8-11)17(19)20)16-10-14(2,3)5-6-18/h7-9,15-16,18H,4-6,10H2,1-3H3. The SMILES string of the molecule is CCNc1cc(NCC(C)(C)CCO)cc([N+](=O)[O-])c1. The molecule has 0 aliphatic rings. The summed E-state index contributed by atoms with van der Waals surface area (Å²) in [4.78, 5) is 10.5. The number of anilines is 2. The third-order valence-corrected chi connectivity index (χ3v) is 3.07. The van der Waals surface area contributed by atoms with Crippen molar-refractivity contribution in [3.05, 3.63) is 28.3 Å². The van der Waals surface area contributed by atoms with Gasteiger partial charge in [0.2, 0.25) is 0 Å². The third-order valence-electron chi connectivity index (χ3n) is 3.07. The Labute approximate surface area is 119 Å². The number of nitrogens with zero attached hydrogens (tertiary/aromatic N) is 1. The lowest BCUT2D eigenvalue weighted by Gasteiger charge is -2.24. The Hall–Kier alpha value is -1.82. The molecule has 6 nitrogen and oxygen atoms in total. The van der Waals surface area contributed by atoms with Crippen LogP contribution in [0.15, 0.2) is 18.2 Å². The molecule has 1 rings (SSSR count). The third kappa shape index (κ3) is 5.05. The summed E-state index contributed by atoms with van der Waals surface area (Å²) in [5.74, 6) is 0. The van der Waals surface area contributed by atoms with Gasteiger partial charge in [-0.15, -0.1) is 0 Å². The molecule has 20 heavy (non-hydrogen) atoms. The maximum Gasteiger partial charge on any atom is 0.273 e. The van der Waals surface area contributed by atoms with E-state index in [4.69, 9.17) is 5.11 Å². The number of aliphatic hydroxyl groups is 1. The molecular weight excluding hydrogens is 258 g/mol. The van der Waals surface area contributed by atoms with Gasteiger partial charge in [-0.1, -0.05) is 13.8 Å². The molecular formula is C14H23N3O3. The number of hydrogen-bond acceptors (Lipinski definition) is 5. The van der Waals surface area contributed by atoms with Crippen molar-refractivity contribution >= 4 is 17.1 Å². The van der Waals surface area contributed by atoms with Gasteiger partial charge in [0.1, 0.15) is 0 Å². The first kappa shape index (κ1) is 16.2. The van der Waals surface area contributed by atoms with Crippen molar-refractivity contribution in [2.45, 2.75) is 27.2 Å². The maximum atomic E-state index is 10.9. The zero-order chi connectivity index (χ0) is 15.2. The highest BCUT2D eigenvalue weighted by Gasteiger charge is 2.17. The predicted molar refractivity (Wildman–Crippen MR) is 81.2 cm³/mol. The van der Waals surface area contributed by atoms with Crippen LogP contribution >= 0.6 is 0 Å². The van der Waals surface area contributed by atoms with Crippen LogP contribution in [0.3, 0.4) is 0 Å². The quantitative estimate of drug-likeness (QED) is 0.504. The van der Waals surface area contributed by atoms with E-state index in [1.54, 1.807) is 0 Å². The second-order valence-electron chi connectivity index (χ2n) is 5.55.